The second-order valence-corrected chi connectivity index (χ2v) is 4.94. The van der Waals surface area contributed by atoms with E-state index < -0.39 is 5.97 Å². The summed E-state index contributed by atoms with van der Waals surface area (Å²) in [6.45, 7) is 4.04. The molecule has 0 bridgehead atoms. The Hall–Kier alpha value is -1.59. The molecule has 2 unspecified atom stereocenters. The summed E-state index contributed by atoms with van der Waals surface area (Å²) < 4.78 is 11.1. The van der Waals surface area contributed by atoms with Gasteiger partial charge in [0.25, 0.3) is 0 Å². The van der Waals surface area contributed by atoms with Crippen molar-refractivity contribution in [3.05, 3.63) is 29.8 Å². The lowest BCUT2D eigenvalue weighted by Gasteiger charge is -2.20. The molecule has 0 amide bonds. The third kappa shape index (κ3) is 3.95. The zero-order valence-corrected chi connectivity index (χ0v) is 11.7. The van der Waals surface area contributed by atoms with Crippen LogP contribution in [0.1, 0.15) is 30.1 Å². The van der Waals surface area contributed by atoms with Crippen LogP contribution < -0.4 is 10.1 Å². The van der Waals surface area contributed by atoms with Gasteiger partial charge in [0.05, 0.1) is 6.10 Å². The first-order valence-corrected chi connectivity index (χ1v) is 6.98. The van der Waals surface area contributed by atoms with E-state index >= 15 is 0 Å². The molecular weight excluding hydrogens is 258 g/mol. The van der Waals surface area contributed by atoms with Crippen molar-refractivity contribution < 1.29 is 19.4 Å². The standard InChI is InChI=1S/C15H21NO4/c1-11(13-7-4-9-19-13)16-8-10-20-14-6-3-2-5-12(14)15(17)18/h2-3,5-6,11,13,16H,4,7-10H2,1H3,(H,17,18). The largest absolute Gasteiger partial charge is 0.491 e. The molecule has 2 rings (SSSR count). The SMILES string of the molecule is CC(NCCOc1ccccc1C(=O)O)C1CCCO1. The molecule has 0 radical (unpaired) electrons. The van der Waals surface area contributed by atoms with E-state index in [0.717, 1.165) is 19.4 Å². The Morgan fingerprint density at radius 1 is 1.55 bits per heavy atom. The van der Waals surface area contributed by atoms with Crippen LogP contribution in [0.15, 0.2) is 24.3 Å². The molecule has 1 aliphatic rings. The Kier molecular flexibility index (Phi) is 5.38. The highest BCUT2D eigenvalue weighted by Crippen LogP contribution is 2.18. The Morgan fingerprint density at radius 3 is 3.05 bits per heavy atom. The molecule has 1 aromatic rings. The number of rotatable bonds is 7. The Bertz CT molecular complexity index is 443. The lowest BCUT2D eigenvalue weighted by molar-refractivity contribution is 0.0692. The molecule has 0 aromatic heterocycles. The summed E-state index contributed by atoms with van der Waals surface area (Å²) in [5, 5.41) is 12.4. The van der Waals surface area contributed by atoms with Gasteiger partial charge < -0.3 is 19.9 Å². The van der Waals surface area contributed by atoms with Crippen LogP contribution in [0.2, 0.25) is 0 Å². The highest BCUT2D eigenvalue weighted by molar-refractivity contribution is 5.90. The van der Waals surface area contributed by atoms with Crippen LogP contribution in [0.4, 0.5) is 0 Å². The average molecular weight is 279 g/mol. The average Bonchev–Trinajstić information content (AvgIpc) is 2.98. The molecule has 0 saturated carbocycles. The Labute approximate surface area is 118 Å². The zero-order valence-electron chi connectivity index (χ0n) is 11.7. The first kappa shape index (κ1) is 14.8. The van der Waals surface area contributed by atoms with Gasteiger partial charge in [0.2, 0.25) is 0 Å². The van der Waals surface area contributed by atoms with Crippen molar-refractivity contribution in [1.82, 2.24) is 5.32 Å². The summed E-state index contributed by atoms with van der Waals surface area (Å²) in [6.07, 6.45) is 2.50. The molecule has 110 valence electrons. The minimum atomic E-state index is -0.971. The van der Waals surface area contributed by atoms with E-state index in [-0.39, 0.29) is 17.7 Å². The second kappa shape index (κ2) is 7.26. The van der Waals surface area contributed by atoms with Gasteiger partial charge in [-0.1, -0.05) is 12.1 Å². The fourth-order valence-corrected chi connectivity index (χ4v) is 2.35. The lowest BCUT2D eigenvalue weighted by atomic mass is 10.1. The van der Waals surface area contributed by atoms with Crippen LogP contribution in [0.3, 0.4) is 0 Å². The van der Waals surface area contributed by atoms with Gasteiger partial charge in [0.15, 0.2) is 0 Å². The van der Waals surface area contributed by atoms with Crippen LogP contribution in [-0.4, -0.2) is 43.0 Å². The van der Waals surface area contributed by atoms with Gasteiger partial charge in [-0.05, 0) is 31.9 Å². The quantitative estimate of drug-likeness (QED) is 0.746. The fourth-order valence-electron chi connectivity index (χ4n) is 2.35. The number of para-hydroxylation sites is 1. The maximum absolute atomic E-state index is 11.0. The molecule has 1 fully saturated rings. The van der Waals surface area contributed by atoms with Crippen LogP contribution in [0.25, 0.3) is 0 Å². The van der Waals surface area contributed by atoms with Crippen LogP contribution >= 0.6 is 0 Å². The lowest BCUT2D eigenvalue weighted by Crippen LogP contribution is -2.39. The van der Waals surface area contributed by atoms with Gasteiger partial charge in [-0.3, -0.25) is 0 Å². The summed E-state index contributed by atoms with van der Waals surface area (Å²) in [7, 11) is 0. The third-order valence-corrected chi connectivity index (χ3v) is 3.47. The molecule has 1 saturated heterocycles. The van der Waals surface area contributed by atoms with Crippen molar-refractivity contribution in [2.24, 2.45) is 0 Å². The normalized spacial score (nSPS) is 19.8. The first-order chi connectivity index (χ1) is 9.68. The number of benzene rings is 1. The molecule has 0 spiro atoms. The molecule has 20 heavy (non-hydrogen) atoms. The van der Waals surface area contributed by atoms with E-state index in [1.807, 2.05) is 0 Å². The van der Waals surface area contributed by atoms with E-state index in [9.17, 15) is 4.79 Å². The summed E-state index contributed by atoms with van der Waals surface area (Å²) in [5.41, 5.74) is 0.194. The van der Waals surface area contributed by atoms with Gasteiger partial charge in [-0.15, -0.1) is 0 Å². The highest BCUT2D eigenvalue weighted by Gasteiger charge is 2.21. The van der Waals surface area contributed by atoms with Crippen LogP contribution in [0, 0.1) is 0 Å². The van der Waals surface area contributed by atoms with Crippen molar-refractivity contribution in [1.29, 1.82) is 0 Å². The predicted octanol–water partition coefficient (Wildman–Crippen LogP) is 1.92. The van der Waals surface area contributed by atoms with Crippen molar-refractivity contribution >= 4 is 5.97 Å². The number of hydrogen-bond donors (Lipinski definition) is 2. The number of carbonyl (C=O) groups is 1. The van der Waals surface area contributed by atoms with Gasteiger partial charge in [0.1, 0.15) is 17.9 Å². The minimum Gasteiger partial charge on any atom is -0.491 e. The van der Waals surface area contributed by atoms with Gasteiger partial charge in [-0.25, -0.2) is 4.79 Å². The molecule has 1 aromatic carbocycles. The maximum Gasteiger partial charge on any atom is 0.339 e. The van der Waals surface area contributed by atoms with E-state index in [2.05, 4.69) is 12.2 Å². The number of carboxylic acids is 1. The van der Waals surface area contributed by atoms with Crippen LogP contribution in [0.5, 0.6) is 5.75 Å². The second-order valence-electron chi connectivity index (χ2n) is 4.94. The monoisotopic (exact) mass is 279 g/mol. The highest BCUT2D eigenvalue weighted by atomic mass is 16.5. The topological polar surface area (TPSA) is 67.8 Å². The molecule has 2 atom stereocenters. The minimum absolute atomic E-state index is 0.194. The molecule has 1 aliphatic heterocycles. The van der Waals surface area contributed by atoms with E-state index in [1.54, 1.807) is 24.3 Å². The smallest absolute Gasteiger partial charge is 0.339 e. The summed E-state index contributed by atoms with van der Waals surface area (Å²) in [6, 6.07) is 6.96. The summed E-state index contributed by atoms with van der Waals surface area (Å²) in [5.74, 6) is -0.562. The first-order valence-electron chi connectivity index (χ1n) is 6.98. The summed E-state index contributed by atoms with van der Waals surface area (Å²) in [4.78, 5) is 11.0. The number of hydrogen-bond acceptors (Lipinski definition) is 4. The number of ether oxygens (including phenoxy) is 2. The Morgan fingerprint density at radius 2 is 2.35 bits per heavy atom. The Balaban J connectivity index is 1.74. The van der Waals surface area contributed by atoms with E-state index in [0.29, 0.717) is 18.9 Å². The zero-order chi connectivity index (χ0) is 14.4. The van der Waals surface area contributed by atoms with Gasteiger partial charge in [0, 0.05) is 19.2 Å². The molecule has 2 N–H and O–H groups in total. The van der Waals surface area contributed by atoms with Crippen LogP contribution in [-0.2, 0) is 4.74 Å². The number of carboxylic acid groups (broad SMARTS) is 1. The van der Waals surface area contributed by atoms with Crippen molar-refractivity contribution in [3.8, 4) is 5.75 Å². The fraction of sp³-hybridized carbons (Fsp3) is 0.533. The predicted molar refractivity (Wildman–Crippen MR) is 75.3 cm³/mol. The van der Waals surface area contributed by atoms with Crippen molar-refractivity contribution in [2.45, 2.75) is 31.9 Å². The van der Waals surface area contributed by atoms with Gasteiger partial charge in [-0.2, -0.15) is 0 Å². The molecule has 1 heterocycles. The molecule has 0 aliphatic carbocycles. The number of aromatic carboxylic acids is 1. The van der Waals surface area contributed by atoms with Crippen molar-refractivity contribution in [3.63, 3.8) is 0 Å². The molecular formula is C15H21NO4. The maximum atomic E-state index is 11.0. The summed E-state index contributed by atoms with van der Waals surface area (Å²) >= 11 is 0. The molecule has 5 heteroatoms. The van der Waals surface area contributed by atoms with Crippen molar-refractivity contribution in [2.75, 3.05) is 19.8 Å². The van der Waals surface area contributed by atoms with E-state index in [1.165, 1.54) is 0 Å². The third-order valence-electron chi connectivity index (χ3n) is 3.47. The molecule has 5 nitrogen and oxygen atoms in total. The van der Waals surface area contributed by atoms with Gasteiger partial charge >= 0.3 is 5.97 Å². The number of nitrogens with one attached hydrogen (secondary N) is 1. The van der Waals surface area contributed by atoms with E-state index in [4.69, 9.17) is 14.6 Å².